The lowest BCUT2D eigenvalue weighted by atomic mass is 10.2. The van der Waals surface area contributed by atoms with Crippen molar-refractivity contribution in [2.24, 2.45) is 0 Å². The molecule has 0 N–H and O–H groups in total. The molecular formula is C16H23FN2O3S. The highest BCUT2D eigenvalue weighted by Gasteiger charge is 2.33. The van der Waals surface area contributed by atoms with Gasteiger partial charge in [0.25, 0.3) is 0 Å². The van der Waals surface area contributed by atoms with E-state index in [4.69, 9.17) is 0 Å². The molecule has 7 heteroatoms. The zero-order chi connectivity index (χ0) is 17.2. The Morgan fingerprint density at radius 3 is 2.22 bits per heavy atom. The molecule has 0 aromatic heterocycles. The number of carbonyl (C=O) groups excluding carboxylic acids is 1. The Hall–Kier alpha value is -1.63. The van der Waals surface area contributed by atoms with E-state index in [2.05, 4.69) is 0 Å². The van der Waals surface area contributed by atoms with Gasteiger partial charge >= 0.3 is 0 Å². The summed E-state index contributed by atoms with van der Waals surface area (Å²) < 4.78 is 38.5. The largest absolute Gasteiger partial charge is 0.341 e. The average molecular weight is 342 g/mol. The van der Waals surface area contributed by atoms with Crippen molar-refractivity contribution in [2.45, 2.75) is 44.7 Å². The molecule has 1 amide bonds. The highest BCUT2D eigenvalue weighted by molar-refractivity contribution is 7.92. The fourth-order valence-corrected chi connectivity index (χ4v) is 4.33. The Bertz CT molecular complexity index is 654. The van der Waals surface area contributed by atoms with Gasteiger partial charge in [-0.2, -0.15) is 0 Å². The minimum Gasteiger partial charge on any atom is -0.341 e. The summed E-state index contributed by atoms with van der Waals surface area (Å²) in [6.45, 7) is 1.57. The van der Waals surface area contributed by atoms with Gasteiger partial charge in [0, 0.05) is 13.1 Å². The number of benzene rings is 1. The first kappa shape index (κ1) is 17.7. The van der Waals surface area contributed by atoms with Crippen LogP contribution in [0.2, 0.25) is 0 Å². The Balaban J connectivity index is 2.28. The van der Waals surface area contributed by atoms with Crippen LogP contribution in [0.15, 0.2) is 24.3 Å². The molecular weight excluding hydrogens is 319 g/mol. The third-order valence-corrected chi connectivity index (χ3v) is 5.61. The van der Waals surface area contributed by atoms with Gasteiger partial charge in [0.05, 0.1) is 11.9 Å². The molecule has 1 aromatic carbocycles. The molecule has 128 valence electrons. The Morgan fingerprint density at radius 1 is 1.22 bits per heavy atom. The zero-order valence-electron chi connectivity index (χ0n) is 13.7. The van der Waals surface area contributed by atoms with Crippen molar-refractivity contribution in [3.63, 3.8) is 0 Å². The fraction of sp³-hybridized carbons (Fsp3) is 0.562. The number of amides is 1. The summed E-state index contributed by atoms with van der Waals surface area (Å²) in [6.07, 6.45) is 5.12. The van der Waals surface area contributed by atoms with E-state index < -0.39 is 21.9 Å². The van der Waals surface area contributed by atoms with Crippen LogP contribution < -0.4 is 4.31 Å². The van der Waals surface area contributed by atoms with Crippen LogP contribution in [0, 0.1) is 5.82 Å². The molecule has 0 aliphatic heterocycles. The van der Waals surface area contributed by atoms with Gasteiger partial charge in [-0.05, 0) is 44.0 Å². The second-order valence-electron chi connectivity index (χ2n) is 6.10. The summed E-state index contributed by atoms with van der Waals surface area (Å²) in [5.41, 5.74) is 0.287. The SMILES string of the molecule is CC(C(=O)N(C)C1CCCC1)N(c1ccc(F)cc1)S(C)(=O)=O. The number of anilines is 1. The maximum Gasteiger partial charge on any atom is 0.246 e. The number of hydrogen-bond acceptors (Lipinski definition) is 3. The number of likely N-dealkylation sites (N-methyl/N-ethyl adjacent to an activating group) is 1. The zero-order valence-corrected chi connectivity index (χ0v) is 14.5. The van der Waals surface area contributed by atoms with Gasteiger partial charge in [-0.15, -0.1) is 0 Å². The van der Waals surface area contributed by atoms with Crippen molar-refractivity contribution in [1.29, 1.82) is 0 Å². The quantitative estimate of drug-likeness (QED) is 0.825. The molecule has 5 nitrogen and oxygen atoms in total. The van der Waals surface area contributed by atoms with Crippen LogP contribution in [0.25, 0.3) is 0 Å². The minimum absolute atomic E-state index is 0.166. The van der Waals surface area contributed by atoms with Gasteiger partial charge in [-0.25, -0.2) is 12.8 Å². The normalized spacial score (nSPS) is 17.0. The first-order valence-electron chi connectivity index (χ1n) is 7.73. The van der Waals surface area contributed by atoms with E-state index in [9.17, 15) is 17.6 Å². The number of carbonyl (C=O) groups is 1. The average Bonchev–Trinajstić information content (AvgIpc) is 3.00. The molecule has 1 saturated carbocycles. The first-order valence-corrected chi connectivity index (χ1v) is 9.58. The van der Waals surface area contributed by atoms with Crippen LogP contribution in [0.1, 0.15) is 32.6 Å². The van der Waals surface area contributed by atoms with Crippen molar-refractivity contribution in [2.75, 3.05) is 17.6 Å². The van der Waals surface area contributed by atoms with E-state index in [1.54, 1.807) is 18.9 Å². The fourth-order valence-electron chi connectivity index (χ4n) is 3.16. The molecule has 1 atom stereocenters. The molecule has 0 radical (unpaired) electrons. The van der Waals surface area contributed by atoms with Crippen LogP contribution >= 0.6 is 0 Å². The number of sulfonamides is 1. The van der Waals surface area contributed by atoms with Gasteiger partial charge in [-0.3, -0.25) is 9.10 Å². The van der Waals surface area contributed by atoms with Gasteiger partial charge in [0.15, 0.2) is 0 Å². The molecule has 1 fully saturated rings. The summed E-state index contributed by atoms with van der Waals surface area (Å²) >= 11 is 0. The maximum atomic E-state index is 13.1. The lowest BCUT2D eigenvalue weighted by Crippen LogP contribution is -2.50. The molecule has 23 heavy (non-hydrogen) atoms. The minimum atomic E-state index is -3.67. The van der Waals surface area contributed by atoms with Crippen LogP contribution in [0.4, 0.5) is 10.1 Å². The summed E-state index contributed by atoms with van der Waals surface area (Å²) in [4.78, 5) is 14.4. The van der Waals surface area contributed by atoms with Crippen LogP contribution in [0.5, 0.6) is 0 Å². The molecule has 0 spiro atoms. The Morgan fingerprint density at radius 2 is 1.74 bits per heavy atom. The van der Waals surface area contributed by atoms with E-state index in [0.29, 0.717) is 0 Å². The third-order valence-electron chi connectivity index (χ3n) is 4.37. The van der Waals surface area contributed by atoms with E-state index in [1.165, 1.54) is 24.3 Å². The molecule has 2 rings (SSSR count). The first-order chi connectivity index (χ1) is 10.7. The second-order valence-corrected chi connectivity index (χ2v) is 7.96. The molecule has 1 aliphatic carbocycles. The van der Waals surface area contributed by atoms with Crippen molar-refractivity contribution < 1.29 is 17.6 Å². The molecule has 0 heterocycles. The van der Waals surface area contributed by atoms with E-state index in [1.807, 2.05) is 0 Å². The lowest BCUT2D eigenvalue weighted by molar-refractivity contribution is -0.132. The van der Waals surface area contributed by atoms with Crippen molar-refractivity contribution in [1.82, 2.24) is 4.90 Å². The standard InChI is InChI=1S/C16H23FN2O3S/c1-12(16(20)18(2)14-6-4-5-7-14)19(23(3,21)22)15-10-8-13(17)9-11-15/h8-12,14H,4-7H2,1-3H3. The van der Waals surface area contributed by atoms with Crippen molar-refractivity contribution in [3.8, 4) is 0 Å². The van der Waals surface area contributed by atoms with Crippen molar-refractivity contribution in [3.05, 3.63) is 30.1 Å². The Kier molecular flexibility index (Phi) is 5.29. The van der Waals surface area contributed by atoms with Crippen LogP contribution in [0.3, 0.4) is 0 Å². The van der Waals surface area contributed by atoms with Gasteiger partial charge in [-0.1, -0.05) is 12.8 Å². The molecule has 0 saturated heterocycles. The number of hydrogen-bond donors (Lipinski definition) is 0. The monoisotopic (exact) mass is 342 g/mol. The van der Waals surface area contributed by atoms with E-state index in [-0.39, 0.29) is 17.6 Å². The molecule has 1 aliphatic rings. The van der Waals surface area contributed by atoms with E-state index in [0.717, 1.165) is 36.2 Å². The summed E-state index contributed by atoms with van der Waals surface area (Å²) in [6, 6.07) is 4.41. The predicted octanol–water partition coefficient (Wildman–Crippen LogP) is 2.38. The van der Waals surface area contributed by atoms with Crippen LogP contribution in [-0.4, -0.2) is 44.6 Å². The summed E-state index contributed by atoms with van der Waals surface area (Å²) in [7, 11) is -1.95. The predicted molar refractivity (Wildman–Crippen MR) is 88.2 cm³/mol. The topological polar surface area (TPSA) is 57.7 Å². The van der Waals surface area contributed by atoms with E-state index >= 15 is 0 Å². The number of halogens is 1. The van der Waals surface area contributed by atoms with Gasteiger partial charge in [0.2, 0.25) is 15.9 Å². The molecule has 1 unspecified atom stereocenters. The summed E-state index contributed by atoms with van der Waals surface area (Å²) in [5, 5.41) is 0. The lowest BCUT2D eigenvalue weighted by Gasteiger charge is -2.33. The Labute approximate surface area is 137 Å². The van der Waals surface area contributed by atoms with Gasteiger partial charge < -0.3 is 4.90 Å². The smallest absolute Gasteiger partial charge is 0.246 e. The summed E-state index contributed by atoms with van der Waals surface area (Å²) in [5.74, 6) is -0.698. The second kappa shape index (κ2) is 6.86. The van der Waals surface area contributed by atoms with Gasteiger partial charge in [0.1, 0.15) is 11.9 Å². The highest BCUT2D eigenvalue weighted by atomic mass is 32.2. The number of rotatable bonds is 5. The number of nitrogens with zero attached hydrogens (tertiary/aromatic N) is 2. The third kappa shape index (κ3) is 4.02. The van der Waals surface area contributed by atoms with Crippen LogP contribution in [-0.2, 0) is 14.8 Å². The maximum absolute atomic E-state index is 13.1. The van der Waals surface area contributed by atoms with Crippen molar-refractivity contribution >= 4 is 21.6 Å². The molecule has 0 bridgehead atoms. The molecule has 1 aromatic rings. The highest BCUT2D eigenvalue weighted by Crippen LogP contribution is 2.26.